The predicted molar refractivity (Wildman–Crippen MR) is 113 cm³/mol. The first-order valence-corrected chi connectivity index (χ1v) is 10.2. The number of likely N-dealkylation sites (N-methyl/N-ethyl adjacent to an activating group) is 1. The lowest BCUT2D eigenvalue weighted by Crippen LogP contribution is -2.59. The van der Waals surface area contributed by atoms with Crippen molar-refractivity contribution in [1.82, 2.24) is 10.2 Å². The number of halogens is 2. The summed E-state index contributed by atoms with van der Waals surface area (Å²) in [5.74, 6) is -0.0812. The Morgan fingerprint density at radius 1 is 1.30 bits per heavy atom. The van der Waals surface area contributed by atoms with E-state index in [0.717, 1.165) is 17.5 Å². The van der Waals surface area contributed by atoms with E-state index in [0.29, 0.717) is 24.4 Å². The molecular formula is C22H23ClFN3O3. The fourth-order valence-electron chi connectivity index (χ4n) is 3.85. The number of carbonyl (C=O) groups is 2. The Labute approximate surface area is 179 Å². The number of nitrogens with zero attached hydrogens (tertiary/aromatic N) is 2. The Morgan fingerprint density at radius 3 is 2.73 bits per heavy atom. The van der Waals surface area contributed by atoms with Crippen LogP contribution in [0, 0.1) is 12.7 Å². The number of benzene rings is 2. The molecule has 0 radical (unpaired) electrons. The summed E-state index contributed by atoms with van der Waals surface area (Å²) in [5, 5.41) is 3.13. The van der Waals surface area contributed by atoms with E-state index in [2.05, 4.69) is 5.32 Å². The highest BCUT2D eigenvalue weighted by Gasteiger charge is 2.37. The van der Waals surface area contributed by atoms with Gasteiger partial charge in [0.2, 0.25) is 5.91 Å². The number of hydrogen-bond donors (Lipinski definition) is 1. The van der Waals surface area contributed by atoms with E-state index >= 15 is 0 Å². The van der Waals surface area contributed by atoms with Crippen LogP contribution in [0.3, 0.4) is 0 Å². The second-order valence-corrected chi connectivity index (χ2v) is 8.24. The van der Waals surface area contributed by atoms with E-state index in [9.17, 15) is 14.0 Å². The van der Waals surface area contributed by atoms with Gasteiger partial charge >= 0.3 is 6.03 Å². The van der Waals surface area contributed by atoms with Crippen LogP contribution in [0.25, 0.3) is 0 Å². The molecule has 30 heavy (non-hydrogen) atoms. The zero-order chi connectivity index (χ0) is 21.6. The van der Waals surface area contributed by atoms with Gasteiger partial charge in [0.1, 0.15) is 17.6 Å². The topological polar surface area (TPSA) is 61.9 Å². The van der Waals surface area contributed by atoms with Crippen molar-refractivity contribution in [3.8, 4) is 11.5 Å². The number of fused-ring (bicyclic) bond motifs is 1. The van der Waals surface area contributed by atoms with Crippen molar-refractivity contribution in [2.45, 2.75) is 38.8 Å². The number of amides is 3. The van der Waals surface area contributed by atoms with Crippen molar-refractivity contribution in [2.24, 2.45) is 0 Å². The lowest BCUT2D eigenvalue weighted by Gasteiger charge is -2.40. The van der Waals surface area contributed by atoms with Crippen molar-refractivity contribution in [3.63, 3.8) is 0 Å². The molecule has 0 aromatic heterocycles. The summed E-state index contributed by atoms with van der Waals surface area (Å²) in [5.41, 5.74) is 2.24. The maximum absolute atomic E-state index is 13.7. The Morgan fingerprint density at radius 2 is 2.07 bits per heavy atom. The lowest BCUT2D eigenvalue weighted by molar-refractivity contribution is -0.120. The van der Waals surface area contributed by atoms with Crippen LogP contribution in [0.1, 0.15) is 24.5 Å². The number of ether oxygens (including phenoxy) is 1. The average molecular weight is 432 g/mol. The molecule has 2 aromatic rings. The molecule has 0 saturated carbocycles. The van der Waals surface area contributed by atoms with Crippen LogP contribution in [0.4, 0.5) is 14.9 Å². The Bertz CT molecular complexity index is 1030. The van der Waals surface area contributed by atoms with Crippen molar-refractivity contribution in [2.75, 3.05) is 18.5 Å². The molecular weight excluding hydrogens is 409 g/mol. The van der Waals surface area contributed by atoms with Gasteiger partial charge in [-0.25, -0.2) is 9.18 Å². The standard InChI is InChI=1S/C22H23ClFN3O3/c1-12-4-5-14-10-17(25-22(29)27-9-8-13(27)2)21(28)26(3)19(14)20(12)30-18-11-15(24)6-7-16(18)23/h4-7,11,13,17H,8-10H2,1-3H3,(H,25,29)/t13-,17+/m0/s1. The molecule has 158 valence electrons. The number of anilines is 1. The van der Waals surface area contributed by atoms with Gasteiger partial charge in [0.15, 0.2) is 5.75 Å². The molecule has 4 rings (SSSR count). The van der Waals surface area contributed by atoms with E-state index in [1.165, 1.54) is 23.1 Å². The van der Waals surface area contributed by atoms with E-state index in [-0.39, 0.29) is 28.8 Å². The Kier molecular flexibility index (Phi) is 5.32. The quantitative estimate of drug-likeness (QED) is 0.789. The largest absolute Gasteiger partial charge is 0.453 e. The Hall–Kier alpha value is -2.80. The zero-order valence-electron chi connectivity index (χ0n) is 17.0. The maximum Gasteiger partial charge on any atom is 0.318 e. The summed E-state index contributed by atoms with van der Waals surface area (Å²) in [6, 6.07) is 6.99. The second kappa shape index (κ2) is 7.80. The number of aryl methyl sites for hydroxylation is 1. The molecule has 6 nitrogen and oxygen atoms in total. The number of nitrogens with one attached hydrogen (secondary N) is 1. The summed E-state index contributed by atoms with van der Waals surface area (Å²) >= 11 is 6.16. The van der Waals surface area contributed by atoms with Gasteiger partial charge in [-0.1, -0.05) is 23.7 Å². The number of likely N-dealkylation sites (tertiary alicyclic amines) is 1. The van der Waals surface area contributed by atoms with Gasteiger partial charge in [-0.05, 0) is 43.5 Å². The van der Waals surface area contributed by atoms with Crippen LogP contribution in [-0.2, 0) is 11.2 Å². The average Bonchev–Trinajstić information content (AvgIpc) is 2.69. The highest BCUT2D eigenvalue weighted by atomic mass is 35.5. The first-order valence-electron chi connectivity index (χ1n) is 9.86. The number of hydrogen-bond acceptors (Lipinski definition) is 3. The van der Waals surface area contributed by atoms with Gasteiger partial charge < -0.3 is 19.9 Å². The summed E-state index contributed by atoms with van der Waals surface area (Å²) in [6.07, 6.45) is 1.32. The van der Waals surface area contributed by atoms with Gasteiger partial charge in [-0.15, -0.1) is 0 Å². The first-order chi connectivity index (χ1) is 14.3. The predicted octanol–water partition coefficient (Wildman–Crippen LogP) is 4.27. The molecule has 0 spiro atoms. The van der Waals surface area contributed by atoms with Crippen LogP contribution in [0.15, 0.2) is 30.3 Å². The van der Waals surface area contributed by atoms with Crippen molar-refractivity contribution in [1.29, 1.82) is 0 Å². The molecule has 2 heterocycles. The van der Waals surface area contributed by atoms with Gasteiger partial charge in [0.25, 0.3) is 0 Å². The molecule has 0 unspecified atom stereocenters. The van der Waals surface area contributed by atoms with Gasteiger partial charge in [0.05, 0.1) is 10.7 Å². The number of rotatable bonds is 3. The fourth-order valence-corrected chi connectivity index (χ4v) is 4.01. The van der Waals surface area contributed by atoms with Crippen LogP contribution >= 0.6 is 11.6 Å². The summed E-state index contributed by atoms with van der Waals surface area (Å²) in [6.45, 7) is 4.53. The van der Waals surface area contributed by atoms with Crippen LogP contribution in [0.5, 0.6) is 11.5 Å². The van der Waals surface area contributed by atoms with Crippen molar-refractivity contribution >= 4 is 29.2 Å². The fraction of sp³-hybridized carbons (Fsp3) is 0.364. The molecule has 3 amide bonds. The molecule has 0 bridgehead atoms. The monoisotopic (exact) mass is 431 g/mol. The Balaban J connectivity index is 1.64. The third-order valence-electron chi connectivity index (χ3n) is 5.78. The summed E-state index contributed by atoms with van der Waals surface area (Å²) in [4.78, 5) is 28.7. The second-order valence-electron chi connectivity index (χ2n) is 7.83. The normalized spacial score (nSPS) is 20.5. The van der Waals surface area contributed by atoms with Gasteiger partial charge in [-0.3, -0.25) is 4.79 Å². The van der Waals surface area contributed by atoms with Crippen LogP contribution in [0.2, 0.25) is 5.02 Å². The van der Waals surface area contributed by atoms with E-state index in [4.69, 9.17) is 16.3 Å². The van der Waals surface area contributed by atoms with Crippen molar-refractivity contribution in [3.05, 3.63) is 52.3 Å². The van der Waals surface area contributed by atoms with Gasteiger partial charge in [-0.2, -0.15) is 0 Å². The summed E-state index contributed by atoms with van der Waals surface area (Å²) < 4.78 is 19.7. The van der Waals surface area contributed by atoms with E-state index in [1.54, 1.807) is 11.9 Å². The highest BCUT2D eigenvalue weighted by molar-refractivity contribution is 6.32. The molecule has 2 atom stereocenters. The highest BCUT2D eigenvalue weighted by Crippen LogP contribution is 2.42. The van der Waals surface area contributed by atoms with Crippen molar-refractivity contribution < 1.29 is 18.7 Å². The van der Waals surface area contributed by atoms with Crippen LogP contribution in [-0.4, -0.2) is 42.5 Å². The third kappa shape index (κ3) is 3.58. The minimum atomic E-state index is -0.656. The molecule has 2 aliphatic heterocycles. The minimum Gasteiger partial charge on any atom is -0.453 e. The molecule has 1 fully saturated rings. The number of carbonyl (C=O) groups excluding carboxylic acids is 2. The lowest BCUT2D eigenvalue weighted by atomic mass is 9.95. The minimum absolute atomic E-state index is 0.177. The smallest absolute Gasteiger partial charge is 0.318 e. The molecule has 0 aliphatic carbocycles. The number of urea groups is 1. The summed E-state index contributed by atoms with van der Waals surface area (Å²) in [7, 11) is 1.64. The SMILES string of the molecule is Cc1ccc2c(c1Oc1cc(F)ccc1Cl)N(C)C(=O)[C@H](NC(=O)N1CC[C@@H]1C)C2. The van der Waals surface area contributed by atoms with Gasteiger partial charge in [0, 0.05) is 32.1 Å². The molecule has 8 heteroatoms. The molecule has 2 aliphatic rings. The first kappa shape index (κ1) is 20.5. The maximum atomic E-state index is 13.7. The molecule has 1 N–H and O–H groups in total. The molecule has 2 aromatic carbocycles. The van der Waals surface area contributed by atoms with E-state index in [1.807, 2.05) is 26.0 Å². The van der Waals surface area contributed by atoms with E-state index < -0.39 is 11.9 Å². The zero-order valence-corrected chi connectivity index (χ0v) is 17.8. The molecule has 1 saturated heterocycles. The third-order valence-corrected chi connectivity index (χ3v) is 6.10. The van der Waals surface area contributed by atoms with Crippen LogP contribution < -0.4 is 15.0 Å².